The van der Waals surface area contributed by atoms with Crippen LogP contribution in [0.3, 0.4) is 0 Å². The molecule has 1 fully saturated rings. The third kappa shape index (κ3) is 4.00. The van der Waals surface area contributed by atoms with Crippen LogP contribution in [0, 0.1) is 5.92 Å². The number of benzene rings is 2. The minimum absolute atomic E-state index is 0.389. The number of rotatable bonds is 6. The van der Waals surface area contributed by atoms with E-state index in [4.69, 9.17) is 14.2 Å². The van der Waals surface area contributed by atoms with Crippen molar-refractivity contribution in [2.75, 3.05) is 27.9 Å². The standard InChI is InChI=1S/C26H27NO5/c1-30-19-11-9-18(10-12-19)21-15-22(25(28)31-2)23(26(29)32-3)24-20(21)13-14-27(24)16-17-7-5-4-6-8-17/h4-12,22H,13-16H2,1-3H3. The predicted molar refractivity (Wildman–Crippen MR) is 121 cm³/mol. The van der Waals surface area contributed by atoms with E-state index in [1.165, 1.54) is 14.2 Å². The summed E-state index contributed by atoms with van der Waals surface area (Å²) in [6.45, 7) is 1.40. The number of ether oxygens (including phenoxy) is 3. The van der Waals surface area contributed by atoms with Gasteiger partial charge in [0, 0.05) is 13.1 Å². The van der Waals surface area contributed by atoms with Crippen LogP contribution in [0.5, 0.6) is 5.75 Å². The number of hydrogen-bond donors (Lipinski definition) is 0. The van der Waals surface area contributed by atoms with E-state index in [1.807, 2.05) is 42.5 Å². The Bertz CT molecular complexity index is 1070. The number of fused-ring (bicyclic) bond motifs is 1. The van der Waals surface area contributed by atoms with Gasteiger partial charge in [-0.1, -0.05) is 42.5 Å². The molecule has 4 rings (SSSR count). The maximum absolute atomic E-state index is 12.9. The zero-order valence-electron chi connectivity index (χ0n) is 18.6. The van der Waals surface area contributed by atoms with E-state index in [2.05, 4.69) is 17.0 Å². The van der Waals surface area contributed by atoms with E-state index in [9.17, 15) is 9.59 Å². The molecule has 0 radical (unpaired) electrons. The topological polar surface area (TPSA) is 65.1 Å². The average Bonchev–Trinajstić information content (AvgIpc) is 3.26. The number of carbonyl (C=O) groups excluding carboxylic acids is 2. The maximum Gasteiger partial charge on any atom is 0.336 e. The molecule has 1 aliphatic heterocycles. The predicted octanol–water partition coefficient (Wildman–Crippen LogP) is 3.97. The number of likely N-dealkylation sites (tertiary alicyclic amines) is 1. The second kappa shape index (κ2) is 9.30. The Morgan fingerprint density at radius 1 is 0.938 bits per heavy atom. The molecule has 166 valence electrons. The van der Waals surface area contributed by atoms with Crippen molar-refractivity contribution in [3.05, 3.63) is 82.6 Å². The summed E-state index contributed by atoms with van der Waals surface area (Å²) in [5.41, 5.74) is 5.48. The number of methoxy groups -OCH3 is 3. The monoisotopic (exact) mass is 433 g/mol. The smallest absolute Gasteiger partial charge is 0.336 e. The van der Waals surface area contributed by atoms with Gasteiger partial charge in [-0.3, -0.25) is 4.79 Å². The molecule has 0 aromatic heterocycles. The van der Waals surface area contributed by atoms with Gasteiger partial charge in [0.1, 0.15) is 5.75 Å². The highest BCUT2D eigenvalue weighted by molar-refractivity contribution is 6.00. The summed E-state index contributed by atoms with van der Waals surface area (Å²) in [7, 11) is 4.33. The third-order valence-corrected chi connectivity index (χ3v) is 6.16. The lowest BCUT2D eigenvalue weighted by atomic mass is 9.78. The van der Waals surface area contributed by atoms with E-state index in [0.717, 1.165) is 46.7 Å². The lowest BCUT2D eigenvalue weighted by Gasteiger charge is -2.31. The molecule has 1 saturated heterocycles. The molecule has 0 spiro atoms. The Morgan fingerprint density at radius 2 is 1.66 bits per heavy atom. The second-order valence-corrected chi connectivity index (χ2v) is 7.88. The van der Waals surface area contributed by atoms with Crippen molar-refractivity contribution < 1.29 is 23.8 Å². The minimum Gasteiger partial charge on any atom is -0.497 e. The molecule has 0 amide bonds. The van der Waals surface area contributed by atoms with Gasteiger partial charge < -0.3 is 19.1 Å². The van der Waals surface area contributed by atoms with Crippen molar-refractivity contribution in [1.29, 1.82) is 0 Å². The first kappa shape index (κ1) is 21.7. The first-order chi connectivity index (χ1) is 15.6. The van der Waals surface area contributed by atoms with E-state index >= 15 is 0 Å². The number of esters is 2. The van der Waals surface area contributed by atoms with Crippen LogP contribution in [0.2, 0.25) is 0 Å². The Morgan fingerprint density at radius 3 is 2.28 bits per heavy atom. The highest BCUT2D eigenvalue weighted by Crippen LogP contribution is 2.46. The van der Waals surface area contributed by atoms with Gasteiger partial charge in [0.05, 0.1) is 38.5 Å². The van der Waals surface area contributed by atoms with Gasteiger partial charge in [-0.25, -0.2) is 4.79 Å². The van der Waals surface area contributed by atoms with Gasteiger partial charge in [-0.15, -0.1) is 0 Å². The van der Waals surface area contributed by atoms with E-state index in [1.54, 1.807) is 7.11 Å². The lowest BCUT2D eigenvalue weighted by molar-refractivity contribution is -0.147. The number of carbonyl (C=O) groups is 2. The van der Waals surface area contributed by atoms with Gasteiger partial charge in [-0.05, 0) is 47.2 Å². The third-order valence-electron chi connectivity index (χ3n) is 6.16. The molecule has 2 aromatic carbocycles. The van der Waals surface area contributed by atoms with E-state index in [0.29, 0.717) is 18.5 Å². The van der Waals surface area contributed by atoms with Gasteiger partial charge in [0.2, 0.25) is 0 Å². The van der Waals surface area contributed by atoms with Gasteiger partial charge >= 0.3 is 11.9 Å². The summed E-state index contributed by atoms with van der Waals surface area (Å²) in [6, 6.07) is 17.9. The van der Waals surface area contributed by atoms with Crippen LogP contribution in [0.1, 0.15) is 24.0 Å². The van der Waals surface area contributed by atoms with Crippen LogP contribution in [0.15, 0.2) is 71.4 Å². The molecule has 6 nitrogen and oxygen atoms in total. The second-order valence-electron chi connectivity index (χ2n) is 7.88. The van der Waals surface area contributed by atoms with Crippen LogP contribution in [0.25, 0.3) is 5.57 Å². The molecular weight excluding hydrogens is 406 g/mol. The lowest BCUT2D eigenvalue weighted by Crippen LogP contribution is -2.32. The SMILES string of the molecule is COC(=O)C1=C2C(=C(c3ccc(OC)cc3)CC1C(=O)OC)CCN2Cc1ccccc1. The Labute approximate surface area is 188 Å². The van der Waals surface area contributed by atoms with Crippen molar-refractivity contribution in [3.63, 3.8) is 0 Å². The van der Waals surface area contributed by atoms with Crippen LogP contribution in [-0.4, -0.2) is 44.7 Å². The van der Waals surface area contributed by atoms with Crippen LogP contribution >= 0.6 is 0 Å². The fourth-order valence-corrected chi connectivity index (χ4v) is 4.63. The fraction of sp³-hybridized carbons (Fsp3) is 0.308. The Kier molecular flexibility index (Phi) is 6.30. The van der Waals surface area contributed by atoms with Crippen LogP contribution in [0.4, 0.5) is 0 Å². The molecule has 1 aliphatic carbocycles. The molecule has 0 bridgehead atoms. The van der Waals surface area contributed by atoms with Crippen molar-refractivity contribution in [1.82, 2.24) is 4.90 Å². The number of nitrogens with zero attached hydrogens (tertiary/aromatic N) is 1. The first-order valence-corrected chi connectivity index (χ1v) is 10.6. The quantitative estimate of drug-likeness (QED) is 0.643. The van der Waals surface area contributed by atoms with Crippen LogP contribution < -0.4 is 4.74 Å². The normalized spacial score (nSPS) is 17.8. The zero-order valence-corrected chi connectivity index (χ0v) is 18.6. The highest BCUT2D eigenvalue weighted by atomic mass is 16.5. The zero-order chi connectivity index (χ0) is 22.7. The number of allylic oxidation sites excluding steroid dienone is 2. The van der Waals surface area contributed by atoms with Crippen LogP contribution in [-0.2, 0) is 25.6 Å². The summed E-state index contributed by atoms with van der Waals surface area (Å²) in [5, 5.41) is 0. The molecule has 1 unspecified atom stereocenters. The van der Waals surface area contributed by atoms with Crippen molar-refractivity contribution in [2.45, 2.75) is 19.4 Å². The minimum atomic E-state index is -0.723. The summed E-state index contributed by atoms with van der Waals surface area (Å²) >= 11 is 0. The first-order valence-electron chi connectivity index (χ1n) is 10.6. The molecular formula is C26H27NO5. The van der Waals surface area contributed by atoms with E-state index in [-0.39, 0.29) is 0 Å². The van der Waals surface area contributed by atoms with E-state index < -0.39 is 17.9 Å². The molecule has 6 heteroatoms. The summed E-state index contributed by atoms with van der Waals surface area (Å²) < 4.78 is 15.5. The largest absolute Gasteiger partial charge is 0.497 e. The Hall–Kier alpha value is -3.54. The highest BCUT2D eigenvalue weighted by Gasteiger charge is 2.42. The molecule has 2 aliphatic rings. The van der Waals surface area contributed by atoms with Gasteiger partial charge in [-0.2, -0.15) is 0 Å². The molecule has 0 N–H and O–H groups in total. The maximum atomic E-state index is 12.9. The van der Waals surface area contributed by atoms with Crippen molar-refractivity contribution in [2.24, 2.45) is 5.92 Å². The van der Waals surface area contributed by atoms with Crippen molar-refractivity contribution >= 4 is 17.5 Å². The summed E-state index contributed by atoms with van der Waals surface area (Å²) in [4.78, 5) is 27.9. The molecule has 2 aromatic rings. The molecule has 1 atom stereocenters. The average molecular weight is 434 g/mol. The fourth-order valence-electron chi connectivity index (χ4n) is 4.63. The molecule has 32 heavy (non-hydrogen) atoms. The van der Waals surface area contributed by atoms with Gasteiger partial charge in [0.25, 0.3) is 0 Å². The Balaban J connectivity index is 1.86. The molecule has 1 heterocycles. The van der Waals surface area contributed by atoms with Gasteiger partial charge in [0.15, 0.2) is 0 Å². The molecule has 0 saturated carbocycles. The summed E-state index contributed by atoms with van der Waals surface area (Å²) in [5.74, 6) is -0.876. The summed E-state index contributed by atoms with van der Waals surface area (Å²) in [6.07, 6.45) is 1.18. The van der Waals surface area contributed by atoms with Crippen molar-refractivity contribution in [3.8, 4) is 5.75 Å². The number of hydrogen-bond acceptors (Lipinski definition) is 6.